The maximum Gasteiger partial charge on any atom is 0.160 e. The summed E-state index contributed by atoms with van der Waals surface area (Å²) in [7, 11) is 0. The molecule has 0 saturated carbocycles. The Morgan fingerprint density at radius 2 is 0.758 bits per heavy atom. The lowest BCUT2D eigenvalue weighted by Gasteiger charge is -2.15. The van der Waals surface area contributed by atoms with Crippen molar-refractivity contribution in [2.75, 3.05) is 0 Å². The molecule has 0 saturated heterocycles. The molecule has 0 aliphatic rings. The van der Waals surface area contributed by atoms with Crippen molar-refractivity contribution in [1.82, 2.24) is 9.97 Å². The van der Waals surface area contributed by atoms with Gasteiger partial charge >= 0.3 is 0 Å². The van der Waals surface area contributed by atoms with E-state index in [0.717, 1.165) is 39.0 Å². The number of fused-ring (bicyclic) bond motifs is 6. The van der Waals surface area contributed by atoms with Crippen LogP contribution < -0.4 is 0 Å². The van der Waals surface area contributed by atoms with E-state index in [1.165, 1.54) is 76.3 Å². The second kappa shape index (κ2) is 14.8. The first-order chi connectivity index (χ1) is 30.7. The SMILES string of the molecule is c1ccc(-c2nc(-c3cccc(-c4cccc5ccccc45)c3)cc(-c3ccc4cc(-c5ccc(-c6c7ccccc7cc7c6ccc6ccccc67)cc5)ccc4c3)n2)cc1. The molecule has 12 aromatic rings. The number of aromatic nitrogens is 2. The third-order valence-electron chi connectivity index (χ3n) is 12.4. The molecule has 0 aliphatic heterocycles. The summed E-state index contributed by atoms with van der Waals surface area (Å²) in [6, 6.07) is 83.1. The maximum atomic E-state index is 5.17. The van der Waals surface area contributed by atoms with E-state index in [-0.39, 0.29) is 0 Å². The Morgan fingerprint density at radius 1 is 0.226 bits per heavy atom. The highest BCUT2D eigenvalue weighted by atomic mass is 14.9. The molecule has 2 heteroatoms. The van der Waals surface area contributed by atoms with Crippen LogP contribution in [-0.2, 0) is 0 Å². The second-order valence-corrected chi connectivity index (χ2v) is 16.1. The summed E-state index contributed by atoms with van der Waals surface area (Å²) in [5.41, 5.74) is 12.1. The van der Waals surface area contributed by atoms with Gasteiger partial charge < -0.3 is 0 Å². The molecule has 62 heavy (non-hydrogen) atoms. The van der Waals surface area contributed by atoms with Crippen LogP contribution in [0.5, 0.6) is 0 Å². The molecule has 0 radical (unpaired) electrons. The topological polar surface area (TPSA) is 25.8 Å². The number of benzene rings is 11. The van der Waals surface area contributed by atoms with E-state index in [2.05, 4.69) is 212 Å². The van der Waals surface area contributed by atoms with Crippen molar-refractivity contribution in [1.29, 1.82) is 0 Å². The van der Waals surface area contributed by atoms with Crippen LogP contribution in [-0.4, -0.2) is 9.97 Å². The van der Waals surface area contributed by atoms with E-state index in [1.54, 1.807) is 0 Å². The molecular formula is C60H38N2. The van der Waals surface area contributed by atoms with Crippen molar-refractivity contribution in [3.63, 3.8) is 0 Å². The zero-order valence-electron chi connectivity index (χ0n) is 33.8. The van der Waals surface area contributed by atoms with Gasteiger partial charge in [-0.05, 0) is 118 Å². The standard InChI is InChI=1S/C60H38N2/c1-2-14-43(15-3-1)60-61-57(49-19-10-18-47(36-49)53-23-11-17-40-12-4-7-20-51(40)53)38-58(62-60)50-31-30-45-34-44(28-29-46(45)35-50)39-24-26-42(27-25-39)59-54-22-9-6-16-48(54)37-56-52-21-8-5-13-41(52)32-33-55(56)59/h1-38H. The first kappa shape index (κ1) is 35.7. The Hall–Kier alpha value is -8.20. The van der Waals surface area contributed by atoms with Crippen LogP contribution in [0.25, 0.3) is 121 Å². The minimum atomic E-state index is 0.706. The molecule has 1 heterocycles. The van der Waals surface area contributed by atoms with Crippen molar-refractivity contribution in [3.8, 4) is 67.3 Å². The third kappa shape index (κ3) is 6.29. The van der Waals surface area contributed by atoms with Gasteiger partial charge in [-0.3, -0.25) is 0 Å². The fourth-order valence-corrected chi connectivity index (χ4v) is 9.33. The zero-order valence-corrected chi connectivity index (χ0v) is 33.8. The summed E-state index contributed by atoms with van der Waals surface area (Å²) < 4.78 is 0. The Morgan fingerprint density at radius 3 is 1.55 bits per heavy atom. The molecule has 0 amide bonds. The monoisotopic (exact) mass is 786 g/mol. The number of hydrogen-bond donors (Lipinski definition) is 0. The molecule has 1 aromatic heterocycles. The summed E-state index contributed by atoms with van der Waals surface area (Å²) in [4.78, 5) is 10.3. The largest absolute Gasteiger partial charge is 0.228 e. The van der Waals surface area contributed by atoms with Crippen LogP contribution in [0, 0.1) is 0 Å². The van der Waals surface area contributed by atoms with E-state index >= 15 is 0 Å². The maximum absolute atomic E-state index is 5.17. The van der Waals surface area contributed by atoms with Crippen LogP contribution in [0.2, 0.25) is 0 Å². The predicted octanol–water partition coefficient (Wildman–Crippen LogP) is 16.2. The molecule has 0 bridgehead atoms. The summed E-state index contributed by atoms with van der Waals surface area (Å²) >= 11 is 0. The summed E-state index contributed by atoms with van der Waals surface area (Å²) in [6.45, 7) is 0. The van der Waals surface area contributed by atoms with E-state index in [9.17, 15) is 0 Å². The van der Waals surface area contributed by atoms with Gasteiger partial charge in [0.05, 0.1) is 11.4 Å². The Labute approximate surface area is 360 Å². The smallest absolute Gasteiger partial charge is 0.160 e. The van der Waals surface area contributed by atoms with Gasteiger partial charge in [0.25, 0.3) is 0 Å². The van der Waals surface area contributed by atoms with Gasteiger partial charge in [-0.15, -0.1) is 0 Å². The van der Waals surface area contributed by atoms with Gasteiger partial charge in [0.2, 0.25) is 0 Å². The summed E-state index contributed by atoms with van der Waals surface area (Å²) in [5, 5.41) is 12.4. The molecule has 2 nitrogen and oxygen atoms in total. The molecular weight excluding hydrogens is 749 g/mol. The van der Waals surface area contributed by atoms with Gasteiger partial charge in [-0.1, -0.05) is 200 Å². The Kier molecular flexibility index (Phi) is 8.53. The van der Waals surface area contributed by atoms with Crippen LogP contribution in [0.4, 0.5) is 0 Å². The first-order valence-electron chi connectivity index (χ1n) is 21.2. The number of rotatable bonds is 6. The molecule has 288 valence electrons. The quantitative estimate of drug-likeness (QED) is 0.124. The predicted molar refractivity (Wildman–Crippen MR) is 262 cm³/mol. The molecule has 0 aliphatic carbocycles. The summed E-state index contributed by atoms with van der Waals surface area (Å²) in [6.07, 6.45) is 0. The Balaban J connectivity index is 0.904. The molecule has 0 atom stereocenters. The van der Waals surface area contributed by atoms with E-state index in [4.69, 9.17) is 9.97 Å². The molecule has 0 spiro atoms. The third-order valence-corrected chi connectivity index (χ3v) is 12.4. The highest BCUT2D eigenvalue weighted by molar-refractivity contribution is 6.20. The van der Waals surface area contributed by atoms with E-state index in [1.807, 2.05) is 18.2 Å². The minimum Gasteiger partial charge on any atom is -0.228 e. The Bertz CT molecular complexity index is 3680. The van der Waals surface area contributed by atoms with E-state index in [0.29, 0.717) is 5.82 Å². The second-order valence-electron chi connectivity index (χ2n) is 16.1. The van der Waals surface area contributed by atoms with Crippen LogP contribution >= 0.6 is 0 Å². The number of hydrogen-bond acceptors (Lipinski definition) is 2. The van der Waals surface area contributed by atoms with Crippen LogP contribution in [0.15, 0.2) is 231 Å². The highest BCUT2D eigenvalue weighted by Gasteiger charge is 2.15. The first-order valence-corrected chi connectivity index (χ1v) is 21.2. The van der Waals surface area contributed by atoms with Gasteiger partial charge in [0, 0.05) is 16.7 Å². The van der Waals surface area contributed by atoms with Crippen molar-refractivity contribution in [2.45, 2.75) is 0 Å². The fraction of sp³-hybridized carbons (Fsp3) is 0. The zero-order chi connectivity index (χ0) is 41.0. The molecule has 0 N–H and O–H groups in total. The lowest BCUT2D eigenvalue weighted by molar-refractivity contribution is 1.18. The fourth-order valence-electron chi connectivity index (χ4n) is 9.33. The molecule has 0 unspecified atom stereocenters. The van der Waals surface area contributed by atoms with Crippen LogP contribution in [0.3, 0.4) is 0 Å². The average Bonchev–Trinajstić information content (AvgIpc) is 3.35. The van der Waals surface area contributed by atoms with Crippen molar-refractivity contribution in [2.24, 2.45) is 0 Å². The van der Waals surface area contributed by atoms with Crippen molar-refractivity contribution >= 4 is 53.9 Å². The molecule has 11 aromatic carbocycles. The minimum absolute atomic E-state index is 0.706. The van der Waals surface area contributed by atoms with E-state index < -0.39 is 0 Å². The highest BCUT2D eigenvalue weighted by Crippen LogP contribution is 2.40. The normalized spacial score (nSPS) is 11.5. The average molecular weight is 787 g/mol. The lowest BCUT2D eigenvalue weighted by atomic mass is 9.89. The van der Waals surface area contributed by atoms with Crippen molar-refractivity contribution in [3.05, 3.63) is 231 Å². The molecule has 12 rings (SSSR count). The number of nitrogens with zero attached hydrogens (tertiary/aromatic N) is 2. The van der Waals surface area contributed by atoms with Gasteiger partial charge in [-0.2, -0.15) is 0 Å². The summed E-state index contributed by atoms with van der Waals surface area (Å²) in [5.74, 6) is 0.706. The van der Waals surface area contributed by atoms with Gasteiger partial charge in [0.15, 0.2) is 5.82 Å². The lowest BCUT2D eigenvalue weighted by Crippen LogP contribution is -1.96. The van der Waals surface area contributed by atoms with Crippen LogP contribution in [0.1, 0.15) is 0 Å². The molecule has 0 fully saturated rings. The van der Waals surface area contributed by atoms with Gasteiger partial charge in [-0.25, -0.2) is 9.97 Å². The van der Waals surface area contributed by atoms with Crippen molar-refractivity contribution < 1.29 is 0 Å². The van der Waals surface area contributed by atoms with Gasteiger partial charge in [0.1, 0.15) is 0 Å².